The molecule has 2 aromatic rings. The summed E-state index contributed by atoms with van der Waals surface area (Å²) in [6.45, 7) is 1.79. The first-order valence-corrected chi connectivity index (χ1v) is 8.71. The quantitative estimate of drug-likeness (QED) is 0.446. The van der Waals surface area contributed by atoms with Gasteiger partial charge >= 0.3 is 11.8 Å². The topological polar surface area (TPSA) is 153 Å². The highest BCUT2D eigenvalue weighted by Gasteiger charge is 2.30. The van der Waals surface area contributed by atoms with E-state index in [1.165, 1.54) is 23.5 Å². The number of ether oxygens (including phenoxy) is 1. The number of hydrazine groups is 1. The molecule has 0 atom stereocenters. The second-order valence-electron chi connectivity index (χ2n) is 5.70. The van der Waals surface area contributed by atoms with Crippen molar-refractivity contribution in [2.45, 2.75) is 13.5 Å². The number of amides is 1. The number of anilines is 3. The Morgan fingerprint density at radius 3 is 2.62 bits per heavy atom. The van der Waals surface area contributed by atoms with Crippen LogP contribution in [0, 0.1) is 10.1 Å². The summed E-state index contributed by atoms with van der Waals surface area (Å²) < 4.78 is 5.12. The molecular weight excluding hydrogens is 378 g/mol. The van der Waals surface area contributed by atoms with Crippen molar-refractivity contribution in [2.24, 2.45) is 5.73 Å². The lowest BCUT2D eigenvalue weighted by molar-refractivity contribution is -0.383. The summed E-state index contributed by atoms with van der Waals surface area (Å²) in [7, 11) is 1.60. The van der Waals surface area contributed by atoms with E-state index in [9.17, 15) is 14.9 Å². The van der Waals surface area contributed by atoms with Gasteiger partial charge in [0.25, 0.3) is 0 Å². The molecule has 154 valence electrons. The molecular formula is C18H23N7O4. The van der Waals surface area contributed by atoms with Crippen LogP contribution in [0.3, 0.4) is 0 Å². The third kappa shape index (κ3) is 5.11. The van der Waals surface area contributed by atoms with E-state index in [0.29, 0.717) is 0 Å². The Bertz CT molecular complexity index is 889. The average molecular weight is 401 g/mol. The van der Waals surface area contributed by atoms with Crippen LogP contribution in [0.4, 0.5) is 27.8 Å². The number of benzene rings is 1. The minimum atomic E-state index is -0.749. The molecule has 29 heavy (non-hydrogen) atoms. The number of nitrogens with one attached hydrogen (secondary N) is 1. The van der Waals surface area contributed by atoms with E-state index in [1.807, 2.05) is 6.07 Å². The van der Waals surface area contributed by atoms with E-state index in [1.54, 1.807) is 38.2 Å². The van der Waals surface area contributed by atoms with Gasteiger partial charge in [-0.25, -0.2) is 15.2 Å². The Kier molecular flexibility index (Phi) is 7.32. The highest BCUT2D eigenvalue weighted by Crippen LogP contribution is 2.37. The summed E-state index contributed by atoms with van der Waals surface area (Å²) in [5, 5.41) is 13.1. The number of hydrogen-bond acceptors (Lipinski definition) is 9. The Balaban J connectivity index is 2.66. The molecule has 2 rings (SSSR count). The lowest BCUT2D eigenvalue weighted by Crippen LogP contribution is -2.34. The number of nitrogens with two attached hydrogens (primary N) is 2. The fraction of sp³-hybridized carbons (Fsp3) is 0.222. The molecule has 11 nitrogen and oxygen atoms in total. The van der Waals surface area contributed by atoms with Crippen molar-refractivity contribution in [2.75, 3.05) is 29.3 Å². The first-order valence-electron chi connectivity index (χ1n) is 8.71. The van der Waals surface area contributed by atoms with E-state index in [4.69, 9.17) is 16.2 Å². The van der Waals surface area contributed by atoms with Gasteiger partial charge in [-0.3, -0.25) is 20.0 Å². The van der Waals surface area contributed by atoms with Crippen LogP contribution in [0.15, 0.2) is 48.8 Å². The average Bonchev–Trinajstić information content (AvgIpc) is 2.70. The molecule has 0 aliphatic carbocycles. The smallest absolute Gasteiger partial charge is 0.414 e. The molecule has 0 unspecified atom stereocenters. The molecule has 0 bridgehead atoms. The van der Waals surface area contributed by atoms with Gasteiger partial charge in [-0.05, 0) is 12.5 Å². The number of rotatable bonds is 8. The number of hydrogen-bond donors (Lipinski definition) is 3. The van der Waals surface area contributed by atoms with Gasteiger partial charge in [0.2, 0.25) is 5.82 Å². The first kappa shape index (κ1) is 21.4. The van der Waals surface area contributed by atoms with Gasteiger partial charge < -0.3 is 16.2 Å². The lowest BCUT2D eigenvalue weighted by Gasteiger charge is -2.24. The summed E-state index contributed by atoms with van der Waals surface area (Å²) in [5.41, 5.74) is 14.3. The maximum Gasteiger partial charge on any atom is 0.414 e. The van der Waals surface area contributed by atoms with Crippen molar-refractivity contribution in [1.29, 1.82) is 0 Å². The van der Waals surface area contributed by atoms with Crippen LogP contribution in [-0.2, 0) is 11.3 Å². The molecule has 0 aliphatic heterocycles. The molecule has 0 fully saturated rings. The molecule has 1 aromatic carbocycles. The van der Waals surface area contributed by atoms with Gasteiger partial charge in [0.1, 0.15) is 5.69 Å². The van der Waals surface area contributed by atoms with Crippen molar-refractivity contribution < 1.29 is 14.5 Å². The van der Waals surface area contributed by atoms with E-state index < -0.39 is 16.7 Å². The van der Waals surface area contributed by atoms with Crippen molar-refractivity contribution in [3.63, 3.8) is 0 Å². The van der Waals surface area contributed by atoms with Gasteiger partial charge in [0, 0.05) is 25.5 Å². The first-order chi connectivity index (χ1) is 13.9. The van der Waals surface area contributed by atoms with Crippen LogP contribution >= 0.6 is 0 Å². The monoisotopic (exact) mass is 401 g/mol. The fourth-order valence-electron chi connectivity index (χ4n) is 2.61. The number of nitro groups is 1. The Hall–Kier alpha value is -3.86. The zero-order valence-corrected chi connectivity index (χ0v) is 16.1. The van der Waals surface area contributed by atoms with E-state index in [0.717, 1.165) is 10.5 Å². The van der Waals surface area contributed by atoms with Crippen LogP contribution in [0.5, 0.6) is 0 Å². The second-order valence-corrected chi connectivity index (χ2v) is 5.70. The Labute approximate surface area is 167 Å². The molecule has 0 spiro atoms. The maximum atomic E-state index is 12.7. The molecule has 0 radical (unpaired) electrons. The molecule has 0 saturated carbocycles. The summed E-state index contributed by atoms with van der Waals surface area (Å²) in [6, 6.07) is 10.4. The normalized spacial score (nSPS) is 10.7. The summed E-state index contributed by atoms with van der Waals surface area (Å²) in [5.74, 6) is -0.148. The van der Waals surface area contributed by atoms with Crippen molar-refractivity contribution in [3.05, 3.63) is 64.5 Å². The molecule has 0 aliphatic rings. The summed E-state index contributed by atoms with van der Waals surface area (Å²) >= 11 is 0. The minimum Gasteiger partial charge on any atom is -0.449 e. The Morgan fingerprint density at radius 1 is 1.38 bits per heavy atom. The van der Waals surface area contributed by atoms with Crippen LogP contribution in [0.2, 0.25) is 0 Å². The lowest BCUT2D eigenvalue weighted by atomic mass is 10.2. The van der Waals surface area contributed by atoms with Crippen LogP contribution in [0.1, 0.15) is 12.5 Å². The number of carbonyl (C=O) groups is 1. The van der Waals surface area contributed by atoms with Gasteiger partial charge in [-0.15, -0.1) is 0 Å². The highest BCUT2D eigenvalue weighted by molar-refractivity contribution is 5.93. The van der Waals surface area contributed by atoms with Gasteiger partial charge in [-0.2, -0.15) is 0 Å². The fourth-order valence-corrected chi connectivity index (χ4v) is 2.61. The van der Waals surface area contributed by atoms with Gasteiger partial charge in [0.15, 0.2) is 5.82 Å². The third-order valence-corrected chi connectivity index (χ3v) is 3.85. The molecule has 11 heteroatoms. The zero-order chi connectivity index (χ0) is 21.4. The number of nitrogen functional groups attached to an aromatic ring is 1. The van der Waals surface area contributed by atoms with Crippen molar-refractivity contribution in [1.82, 2.24) is 10.4 Å². The predicted octanol–water partition coefficient (Wildman–Crippen LogP) is 2.11. The number of carbonyl (C=O) groups excluding carboxylic acids is 1. The second kappa shape index (κ2) is 9.90. The summed E-state index contributed by atoms with van der Waals surface area (Å²) in [4.78, 5) is 28.9. The van der Waals surface area contributed by atoms with E-state index >= 15 is 0 Å². The Morgan fingerprint density at radius 2 is 2.07 bits per heavy atom. The predicted molar refractivity (Wildman–Crippen MR) is 110 cm³/mol. The molecule has 1 aromatic heterocycles. The standard InChI is InChI=1S/C18H23N7O4/c1-3-29-18(26)23(12-13-7-5-4-6-8-13)14-11-15(24(21-2)10-9-19)22-17(20)16(14)25(27)28/h4-11,21H,3,12,19H2,1-2H3,(H2,20,22)/b10-9-. The zero-order valence-electron chi connectivity index (χ0n) is 16.1. The summed E-state index contributed by atoms with van der Waals surface area (Å²) in [6.07, 6.45) is 1.95. The number of nitrogens with zero attached hydrogens (tertiary/aromatic N) is 4. The van der Waals surface area contributed by atoms with Gasteiger partial charge in [-0.1, -0.05) is 30.3 Å². The molecule has 5 N–H and O–H groups in total. The van der Waals surface area contributed by atoms with Crippen LogP contribution in [0.25, 0.3) is 0 Å². The van der Waals surface area contributed by atoms with E-state index in [2.05, 4.69) is 10.4 Å². The SMILES string of the molecule is CCOC(=O)N(Cc1ccccc1)c1cc(N(/C=C\N)NC)nc(N)c1[N+](=O)[O-]. The van der Waals surface area contributed by atoms with Crippen molar-refractivity contribution in [3.8, 4) is 0 Å². The van der Waals surface area contributed by atoms with Crippen LogP contribution in [-0.4, -0.2) is 29.7 Å². The number of aromatic nitrogens is 1. The third-order valence-electron chi connectivity index (χ3n) is 3.85. The number of pyridine rings is 1. The molecule has 0 saturated heterocycles. The van der Waals surface area contributed by atoms with Crippen molar-refractivity contribution >= 4 is 29.1 Å². The highest BCUT2D eigenvalue weighted by atomic mass is 16.6. The molecule has 1 amide bonds. The minimum absolute atomic E-state index is 0.0374. The van der Waals surface area contributed by atoms with Crippen LogP contribution < -0.4 is 26.8 Å². The van der Waals surface area contributed by atoms with E-state index in [-0.39, 0.29) is 30.5 Å². The maximum absolute atomic E-state index is 12.7. The molecule has 1 heterocycles. The van der Waals surface area contributed by atoms with Gasteiger partial charge in [0.05, 0.1) is 18.1 Å². The largest absolute Gasteiger partial charge is 0.449 e.